The van der Waals surface area contributed by atoms with Crippen LogP contribution in [0.5, 0.6) is 5.88 Å². The molecule has 3 rings (SSSR count). The number of nitrogens with one attached hydrogen (secondary N) is 2. The van der Waals surface area contributed by atoms with Gasteiger partial charge < -0.3 is 16.3 Å². The van der Waals surface area contributed by atoms with Crippen LogP contribution in [0.4, 0.5) is 36.1 Å². The number of rotatable bonds is 4. The second-order valence-corrected chi connectivity index (χ2v) is 5.03. The van der Waals surface area contributed by atoms with E-state index in [1.165, 1.54) is 24.3 Å². The fourth-order valence-electron chi connectivity index (χ4n) is 2.13. The van der Waals surface area contributed by atoms with Crippen LogP contribution in [0.2, 0.25) is 0 Å². The number of benzene rings is 1. The molecule has 13 heteroatoms. The number of alkyl halides is 3. The number of nitrogen functional groups attached to an aromatic ring is 1. The Labute approximate surface area is 142 Å². The molecule has 136 valence electrons. The van der Waals surface area contributed by atoms with E-state index in [4.69, 9.17) is 5.73 Å². The van der Waals surface area contributed by atoms with Crippen molar-refractivity contribution in [1.82, 2.24) is 14.6 Å². The minimum Gasteiger partial charge on any atom is -0.859 e. The van der Waals surface area contributed by atoms with Gasteiger partial charge in [-0.15, -0.1) is 5.10 Å². The van der Waals surface area contributed by atoms with E-state index in [1.807, 2.05) is 0 Å². The molecule has 4 N–H and O–H groups in total. The molecule has 26 heavy (non-hydrogen) atoms. The summed E-state index contributed by atoms with van der Waals surface area (Å²) in [6.45, 7) is 0. The average Bonchev–Trinajstić information content (AvgIpc) is 2.87. The predicted molar refractivity (Wildman–Crippen MR) is 82.2 cm³/mol. The van der Waals surface area contributed by atoms with Crippen molar-refractivity contribution in [3.8, 4) is 5.88 Å². The maximum atomic E-state index is 13.0. The van der Waals surface area contributed by atoms with Crippen LogP contribution in [-0.2, 0) is 6.18 Å². The van der Waals surface area contributed by atoms with Gasteiger partial charge in [0, 0.05) is 12.1 Å². The van der Waals surface area contributed by atoms with Gasteiger partial charge in [-0.1, -0.05) is 0 Å². The monoisotopic (exact) mass is 368 g/mol. The zero-order valence-electron chi connectivity index (χ0n) is 12.6. The fourth-order valence-corrected chi connectivity index (χ4v) is 2.13. The lowest BCUT2D eigenvalue weighted by Crippen LogP contribution is -2.15. The Morgan fingerprint density at radius 2 is 1.85 bits per heavy atom. The van der Waals surface area contributed by atoms with E-state index in [1.54, 1.807) is 0 Å². The Hall–Kier alpha value is -3.77. The van der Waals surface area contributed by atoms with Gasteiger partial charge in [0.05, 0.1) is 10.6 Å². The molecule has 1 aromatic carbocycles. The molecule has 0 saturated heterocycles. The predicted octanol–water partition coefficient (Wildman–Crippen LogP) is 1.75. The van der Waals surface area contributed by atoms with Gasteiger partial charge in [-0.2, -0.15) is 13.2 Å². The number of non-ortho nitro benzene ring substituents is 1. The molecular formula is C13H9F3N7O3-. The summed E-state index contributed by atoms with van der Waals surface area (Å²) in [5.41, 5.74) is 9.04. The maximum Gasteiger partial charge on any atom is 0.433 e. The summed E-state index contributed by atoms with van der Waals surface area (Å²) in [5.74, 6) is -1.44. The highest BCUT2D eigenvalue weighted by molar-refractivity contribution is 5.80. The van der Waals surface area contributed by atoms with E-state index in [-0.39, 0.29) is 17.2 Å². The first-order chi connectivity index (χ1) is 12.2. The lowest BCUT2D eigenvalue weighted by Gasteiger charge is -2.13. The molecule has 0 aliphatic rings. The molecule has 0 radical (unpaired) electrons. The van der Waals surface area contributed by atoms with Crippen molar-refractivity contribution in [3.05, 3.63) is 46.1 Å². The SMILES string of the molecule is Nc1nn2c(C(F)(F)F)cc([O-])nc2c1NNc1ccc([N+](=O)[O-])cc1. The molecule has 0 amide bonds. The molecule has 0 bridgehead atoms. The highest BCUT2D eigenvalue weighted by Gasteiger charge is 2.35. The van der Waals surface area contributed by atoms with Crippen LogP contribution in [0.3, 0.4) is 0 Å². The first kappa shape index (κ1) is 17.1. The van der Waals surface area contributed by atoms with Crippen LogP contribution < -0.4 is 21.7 Å². The molecule has 2 heterocycles. The smallest absolute Gasteiger partial charge is 0.433 e. The number of nitrogens with zero attached hydrogens (tertiary/aromatic N) is 4. The molecule has 0 unspecified atom stereocenters. The molecule has 0 aliphatic carbocycles. The lowest BCUT2D eigenvalue weighted by molar-refractivity contribution is -0.384. The van der Waals surface area contributed by atoms with Crippen molar-refractivity contribution < 1.29 is 23.2 Å². The third-order valence-corrected chi connectivity index (χ3v) is 3.29. The van der Waals surface area contributed by atoms with Gasteiger partial charge >= 0.3 is 6.18 Å². The van der Waals surface area contributed by atoms with Gasteiger partial charge in [0.15, 0.2) is 11.5 Å². The topological polar surface area (TPSA) is 146 Å². The lowest BCUT2D eigenvalue weighted by atomic mass is 10.3. The molecule has 10 nitrogen and oxygen atoms in total. The first-order valence-electron chi connectivity index (χ1n) is 6.87. The van der Waals surface area contributed by atoms with Crippen molar-refractivity contribution in [1.29, 1.82) is 0 Å². The second-order valence-electron chi connectivity index (χ2n) is 5.03. The zero-order chi connectivity index (χ0) is 19.1. The summed E-state index contributed by atoms with van der Waals surface area (Å²) >= 11 is 0. The quantitative estimate of drug-likeness (QED) is 0.466. The highest BCUT2D eigenvalue weighted by atomic mass is 19.4. The number of fused-ring (bicyclic) bond motifs is 1. The van der Waals surface area contributed by atoms with Crippen LogP contribution in [0, 0.1) is 10.1 Å². The Bertz CT molecular complexity index is 985. The minimum absolute atomic E-state index is 0.140. The molecule has 0 aliphatic heterocycles. The van der Waals surface area contributed by atoms with Gasteiger partial charge in [-0.3, -0.25) is 15.5 Å². The number of nitro groups is 1. The van der Waals surface area contributed by atoms with E-state index >= 15 is 0 Å². The summed E-state index contributed by atoms with van der Waals surface area (Å²) in [4.78, 5) is 13.5. The van der Waals surface area contributed by atoms with E-state index in [0.717, 1.165) is 0 Å². The van der Waals surface area contributed by atoms with Crippen LogP contribution in [0.15, 0.2) is 30.3 Å². The minimum atomic E-state index is -4.83. The van der Waals surface area contributed by atoms with Crippen molar-refractivity contribution in [2.45, 2.75) is 6.18 Å². The summed E-state index contributed by atoms with van der Waals surface area (Å²) in [5, 5.41) is 25.6. The van der Waals surface area contributed by atoms with Crippen LogP contribution >= 0.6 is 0 Å². The number of hydrazine groups is 1. The van der Waals surface area contributed by atoms with E-state index in [0.29, 0.717) is 16.3 Å². The third kappa shape index (κ3) is 3.09. The van der Waals surface area contributed by atoms with Gasteiger partial charge in [-0.25, -0.2) is 9.50 Å². The normalized spacial score (nSPS) is 11.5. The Morgan fingerprint density at radius 3 is 2.42 bits per heavy atom. The summed E-state index contributed by atoms with van der Waals surface area (Å²) < 4.78 is 39.5. The molecule has 0 spiro atoms. The molecule has 0 saturated carbocycles. The van der Waals surface area contributed by atoms with E-state index in [2.05, 4.69) is 20.9 Å². The second kappa shape index (κ2) is 5.94. The standard InChI is InChI=1S/C13H10F3N7O3/c14-13(15,16)8-5-9(24)18-12-10(11(17)21-22(8)12)20-19-6-1-3-7(4-2-6)23(25)26/h1-5,19-20H,(H2,17,21)(H,18,24)/p-1. The van der Waals surface area contributed by atoms with E-state index in [9.17, 15) is 28.4 Å². The van der Waals surface area contributed by atoms with Gasteiger partial charge in [-0.05, 0) is 24.1 Å². The number of anilines is 3. The zero-order valence-corrected chi connectivity index (χ0v) is 12.6. The van der Waals surface area contributed by atoms with Crippen molar-refractivity contribution in [2.75, 3.05) is 16.6 Å². The van der Waals surface area contributed by atoms with Crippen molar-refractivity contribution >= 4 is 28.5 Å². The van der Waals surface area contributed by atoms with Gasteiger partial charge in [0.25, 0.3) is 5.69 Å². The third-order valence-electron chi connectivity index (χ3n) is 3.29. The first-order valence-corrected chi connectivity index (χ1v) is 6.87. The molecule has 0 atom stereocenters. The highest BCUT2D eigenvalue weighted by Crippen LogP contribution is 2.33. The number of hydrogen-bond acceptors (Lipinski definition) is 8. The summed E-state index contributed by atoms with van der Waals surface area (Å²) in [6, 6.07) is 5.48. The maximum absolute atomic E-state index is 13.0. The van der Waals surface area contributed by atoms with Gasteiger partial charge in [0.2, 0.25) is 0 Å². The molecular weight excluding hydrogens is 359 g/mol. The van der Waals surface area contributed by atoms with E-state index < -0.39 is 28.3 Å². The number of nitrogens with two attached hydrogens (primary N) is 1. The fraction of sp³-hybridized carbons (Fsp3) is 0.0769. The summed E-state index contributed by atoms with van der Waals surface area (Å²) in [7, 11) is 0. The molecule has 0 fully saturated rings. The molecule has 2 aromatic heterocycles. The number of nitro benzene ring substituents is 1. The van der Waals surface area contributed by atoms with Crippen LogP contribution in [0.1, 0.15) is 5.69 Å². The average molecular weight is 368 g/mol. The Kier molecular flexibility index (Phi) is 3.90. The number of halogens is 3. The largest absolute Gasteiger partial charge is 0.859 e. The number of aromatic nitrogens is 3. The van der Waals surface area contributed by atoms with Gasteiger partial charge in [0.1, 0.15) is 11.4 Å². The Balaban J connectivity index is 1.94. The molecule has 3 aromatic rings. The summed E-state index contributed by atoms with van der Waals surface area (Å²) in [6.07, 6.45) is -4.83. The van der Waals surface area contributed by atoms with Crippen molar-refractivity contribution in [2.24, 2.45) is 0 Å². The van der Waals surface area contributed by atoms with Crippen molar-refractivity contribution in [3.63, 3.8) is 0 Å². The number of hydrogen-bond donors (Lipinski definition) is 3. The van der Waals surface area contributed by atoms with Crippen LogP contribution in [0.25, 0.3) is 5.65 Å². The van der Waals surface area contributed by atoms with Crippen LogP contribution in [-0.4, -0.2) is 19.5 Å². The Morgan fingerprint density at radius 1 is 1.19 bits per heavy atom.